The van der Waals surface area contributed by atoms with Crippen molar-refractivity contribution in [3.8, 4) is 17.2 Å². The molecule has 0 aliphatic heterocycles. The van der Waals surface area contributed by atoms with Gasteiger partial charge >= 0.3 is 12.4 Å². The highest BCUT2D eigenvalue weighted by molar-refractivity contribution is 6.31. The second-order valence-corrected chi connectivity index (χ2v) is 11.1. The SMILES string of the molecule is CCN(CC(=O)C1CCc2c(O)c3c(c(O)c2C1)C(=O)c1cccc(OC)c1C3=O)Cc1cc(C(F)(F)F)cc(C(F)(F)F)c1. The molecule has 2 aliphatic rings. The molecule has 0 fully saturated rings. The number of ketones is 3. The van der Waals surface area contributed by atoms with Crippen LogP contribution in [0.25, 0.3) is 0 Å². The summed E-state index contributed by atoms with van der Waals surface area (Å²) in [6.45, 7) is 1.06. The van der Waals surface area contributed by atoms with Crippen LogP contribution in [0.3, 0.4) is 0 Å². The molecule has 238 valence electrons. The molecule has 3 aromatic rings. The average molecular weight is 636 g/mol. The molecule has 0 aromatic heterocycles. The molecule has 0 heterocycles. The first-order valence-electron chi connectivity index (χ1n) is 14.0. The van der Waals surface area contributed by atoms with Gasteiger partial charge in [0, 0.05) is 29.2 Å². The van der Waals surface area contributed by atoms with Crippen LogP contribution < -0.4 is 4.74 Å². The van der Waals surface area contributed by atoms with Gasteiger partial charge in [-0.1, -0.05) is 19.1 Å². The van der Waals surface area contributed by atoms with Crippen LogP contribution >= 0.6 is 0 Å². The molecular formula is C32H27F6NO6. The van der Waals surface area contributed by atoms with E-state index < -0.39 is 52.5 Å². The number of aromatic hydroxyl groups is 2. The number of nitrogens with zero attached hydrogens (tertiary/aromatic N) is 1. The van der Waals surface area contributed by atoms with E-state index in [1.807, 2.05) is 0 Å². The average Bonchev–Trinajstić information content (AvgIpc) is 2.99. The molecule has 45 heavy (non-hydrogen) atoms. The minimum absolute atomic E-state index is 0.0215. The Labute approximate surface area is 253 Å². The number of ether oxygens (including phenoxy) is 1. The Morgan fingerprint density at radius 2 is 1.51 bits per heavy atom. The summed E-state index contributed by atoms with van der Waals surface area (Å²) in [5.41, 5.74) is -3.64. The molecule has 0 amide bonds. The Hall–Kier alpha value is -4.39. The first kappa shape index (κ1) is 32.0. The van der Waals surface area contributed by atoms with Crippen molar-refractivity contribution >= 4 is 17.3 Å². The van der Waals surface area contributed by atoms with Crippen LogP contribution in [0.15, 0.2) is 36.4 Å². The van der Waals surface area contributed by atoms with Gasteiger partial charge in [-0.2, -0.15) is 26.3 Å². The van der Waals surface area contributed by atoms with E-state index in [4.69, 9.17) is 4.74 Å². The number of phenolic OH excluding ortho intramolecular Hbond substituents is 2. The van der Waals surface area contributed by atoms with Gasteiger partial charge in [-0.05, 0) is 55.6 Å². The number of benzene rings is 3. The molecule has 2 N–H and O–H groups in total. The van der Waals surface area contributed by atoms with Crippen molar-refractivity contribution in [1.29, 1.82) is 0 Å². The predicted molar refractivity (Wildman–Crippen MR) is 148 cm³/mol. The fourth-order valence-electron chi connectivity index (χ4n) is 6.08. The lowest BCUT2D eigenvalue weighted by atomic mass is 9.74. The fourth-order valence-corrected chi connectivity index (χ4v) is 6.08. The van der Waals surface area contributed by atoms with Gasteiger partial charge in [0.1, 0.15) is 23.0 Å². The van der Waals surface area contributed by atoms with Crippen LogP contribution in [0.4, 0.5) is 26.3 Å². The van der Waals surface area contributed by atoms with Crippen LogP contribution in [-0.4, -0.2) is 52.7 Å². The van der Waals surface area contributed by atoms with E-state index in [1.54, 1.807) is 6.92 Å². The highest BCUT2D eigenvalue weighted by atomic mass is 19.4. The highest BCUT2D eigenvalue weighted by Crippen LogP contribution is 2.47. The number of methoxy groups -OCH3 is 1. The Morgan fingerprint density at radius 3 is 2.09 bits per heavy atom. The van der Waals surface area contributed by atoms with Gasteiger partial charge in [-0.25, -0.2) is 0 Å². The van der Waals surface area contributed by atoms with Crippen LogP contribution in [0.1, 0.15) is 73.0 Å². The Bertz CT molecular complexity index is 1700. The third kappa shape index (κ3) is 5.76. The molecule has 0 bridgehead atoms. The van der Waals surface area contributed by atoms with Gasteiger partial charge < -0.3 is 14.9 Å². The second-order valence-electron chi connectivity index (χ2n) is 11.1. The number of alkyl halides is 6. The van der Waals surface area contributed by atoms with E-state index in [2.05, 4.69) is 0 Å². The third-order valence-corrected chi connectivity index (χ3v) is 8.36. The number of Topliss-reactive ketones (excluding diaryl/α,β-unsaturated/α-hetero) is 1. The maximum absolute atomic E-state index is 13.4. The molecule has 3 aromatic carbocycles. The lowest BCUT2D eigenvalue weighted by Gasteiger charge is -2.30. The van der Waals surface area contributed by atoms with Gasteiger partial charge in [0.05, 0.1) is 41.5 Å². The first-order chi connectivity index (χ1) is 21.1. The lowest BCUT2D eigenvalue weighted by Crippen LogP contribution is -2.35. The molecule has 7 nitrogen and oxygen atoms in total. The highest BCUT2D eigenvalue weighted by Gasteiger charge is 2.41. The monoisotopic (exact) mass is 635 g/mol. The number of fused-ring (bicyclic) bond motifs is 3. The van der Waals surface area contributed by atoms with Crippen LogP contribution in [0.2, 0.25) is 0 Å². The van der Waals surface area contributed by atoms with Crippen molar-refractivity contribution < 1.29 is 55.7 Å². The molecule has 0 saturated heterocycles. The molecule has 2 aliphatic carbocycles. The summed E-state index contributed by atoms with van der Waals surface area (Å²) in [7, 11) is 1.32. The third-order valence-electron chi connectivity index (χ3n) is 8.36. The zero-order chi connectivity index (χ0) is 33.0. The number of likely N-dealkylation sites (N-methyl/N-ethyl adjacent to an activating group) is 1. The summed E-state index contributed by atoms with van der Waals surface area (Å²) >= 11 is 0. The topological polar surface area (TPSA) is 104 Å². The summed E-state index contributed by atoms with van der Waals surface area (Å²) in [5.74, 6) is -3.42. The Kier molecular flexibility index (Phi) is 8.19. The molecule has 1 unspecified atom stereocenters. The van der Waals surface area contributed by atoms with Crippen molar-refractivity contribution in [2.45, 2.75) is 45.1 Å². The summed E-state index contributed by atoms with van der Waals surface area (Å²) in [5, 5.41) is 22.4. The van der Waals surface area contributed by atoms with Crippen LogP contribution in [-0.2, 0) is 36.5 Å². The smallest absolute Gasteiger partial charge is 0.416 e. The first-order valence-corrected chi connectivity index (χ1v) is 14.0. The molecule has 0 radical (unpaired) electrons. The van der Waals surface area contributed by atoms with E-state index in [0.717, 1.165) is 0 Å². The summed E-state index contributed by atoms with van der Waals surface area (Å²) in [6.07, 6.45) is -9.88. The Morgan fingerprint density at radius 1 is 0.911 bits per heavy atom. The van der Waals surface area contributed by atoms with E-state index in [9.17, 15) is 50.9 Å². The minimum Gasteiger partial charge on any atom is -0.507 e. The lowest BCUT2D eigenvalue weighted by molar-refractivity contribution is -0.143. The van der Waals surface area contributed by atoms with Crippen LogP contribution in [0.5, 0.6) is 17.2 Å². The molecule has 1 atom stereocenters. The second kappa shape index (κ2) is 11.5. The molecule has 0 saturated carbocycles. The van der Waals surface area contributed by atoms with Gasteiger partial charge in [-0.15, -0.1) is 0 Å². The van der Waals surface area contributed by atoms with Crippen molar-refractivity contribution in [1.82, 2.24) is 4.90 Å². The Balaban J connectivity index is 1.40. The number of hydrogen-bond acceptors (Lipinski definition) is 7. The van der Waals surface area contributed by atoms with E-state index >= 15 is 0 Å². The maximum atomic E-state index is 13.4. The van der Waals surface area contributed by atoms with E-state index in [0.29, 0.717) is 12.1 Å². The molecular weight excluding hydrogens is 608 g/mol. The molecule has 0 spiro atoms. The summed E-state index contributed by atoms with van der Waals surface area (Å²) in [4.78, 5) is 41.6. The minimum atomic E-state index is -5.01. The van der Waals surface area contributed by atoms with Gasteiger partial charge in [0.25, 0.3) is 0 Å². The maximum Gasteiger partial charge on any atom is 0.416 e. The number of carbonyl (C=O) groups excluding carboxylic acids is 3. The zero-order valence-corrected chi connectivity index (χ0v) is 24.0. The zero-order valence-electron chi connectivity index (χ0n) is 24.0. The predicted octanol–water partition coefficient (Wildman–Crippen LogP) is 6.12. The van der Waals surface area contributed by atoms with Gasteiger partial charge in [0.2, 0.25) is 5.78 Å². The van der Waals surface area contributed by atoms with E-state index in [-0.39, 0.29) is 95.4 Å². The summed E-state index contributed by atoms with van der Waals surface area (Å²) < 4.78 is 85.2. The number of rotatable bonds is 7. The number of phenols is 2. The van der Waals surface area contributed by atoms with Crippen molar-refractivity contribution in [2.75, 3.05) is 20.2 Å². The normalized spacial score (nSPS) is 16.3. The number of hydrogen-bond donors (Lipinski definition) is 2. The van der Waals surface area contributed by atoms with Crippen LogP contribution in [0, 0.1) is 5.92 Å². The fraction of sp³-hybridized carbons (Fsp3) is 0.344. The summed E-state index contributed by atoms with van der Waals surface area (Å²) in [6, 6.07) is 5.66. The van der Waals surface area contributed by atoms with Gasteiger partial charge in [-0.3, -0.25) is 19.3 Å². The van der Waals surface area contributed by atoms with E-state index in [1.165, 1.54) is 30.2 Å². The molecule has 5 rings (SSSR count). The van der Waals surface area contributed by atoms with Crippen molar-refractivity contribution in [3.05, 3.63) is 86.5 Å². The standard InChI is InChI=1S/C32H27F6NO6/c1-3-39(13-15-9-17(31(33,34)35)12-18(10-15)32(36,37)38)14-22(40)16-7-8-19-21(11-16)29(43)25-26(27(19)41)30(44)24-20(28(25)42)5-4-6-23(24)45-2/h4-6,9-10,12,16,41,43H,3,7-8,11,13-14H2,1-2H3. The van der Waals surface area contributed by atoms with Crippen molar-refractivity contribution in [2.24, 2.45) is 5.92 Å². The van der Waals surface area contributed by atoms with Gasteiger partial charge in [0.15, 0.2) is 5.78 Å². The molecule has 13 heteroatoms. The number of halogens is 6. The quantitative estimate of drug-likeness (QED) is 0.187. The van der Waals surface area contributed by atoms with Crippen molar-refractivity contribution in [3.63, 3.8) is 0 Å². The largest absolute Gasteiger partial charge is 0.507 e. The number of carbonyl (C=O) groups is 3.